The second-order valence-electron chi connectivity index (χ2n) is 5.43. The molecule has 0 saturated carbocycles. The van der Waals surface area contributed by atoms with Crippen molar-refractivity contribution < 1.29 is 4.21 Å². The predicted molar refractivity (Wildman–Crippen MR) is 93.0 cm³/mol. The summed E-state index contributed by atoms with van der Waals surface area (Å²) in [5.74, 6) is 0.620. The molecule has 3 rings (SSSR count). The van der Waals surface area contributed by atoms with E-state index in [1.165, 1.54) is 0 Å². The number of aromatic nitrogens is 2. The number of aromatic amines is 1. The van der Waals surface area contributed by atoms with Crippen LogP contribution >= 0.6 is 0 Å². The Labute approximate surface area is 132 Å². The number of benzene rings is 2. The lowest BCUT2D eigenvalue weighted by atomic mass is 10.1. The normalized spacial score (nSPS) is 10.7. The molecule has 1 N–H and O–H groups in total. The highest BCUT2D eigenvalue weighted by Crippen LogP contribution is 2.22. The van der Waals surface area contributed by atoms with Crippen LogP contribution in [0, 0.1) is 6.92 Å². The lowest BCUT2D eigenvalue weighted by molar-refractivity contribution is 0.701. The molecule has 5 heteroatoms. The van der Waals surface area contributed by atoms with Crippen LogP contribution in [-0.4, -0.2) is 33.1 Å². The number of nitrogens with zero attached hydrogens (tertiary/aromatic N) is 2. The molecule has 0 unspecified atom stereocenters. The number of nitrogens with one attached hydrogen (secondary N) is 1. The van der Waals surface area contributed by atoms with Gasteiger partial charge in [0.15, 0.2) is 5.82 Å². The van der Waals surface area contributed by atoms with Crippen molar-refractivity contribution in [2.45, 2.75) is 6.92 Å². The highest BCUT2D eigenvalue weighted by molar-refractivity contribution is 7.67. The van der Waals surface area contributed by atoms with E-state index in [9.17, 15) is 4.21 Å². The van der Waals surface area contributed by atoms with Crippen molar-refractivity contribution in [2.75, 3.05) is 19.0 Å². The Hall–Kier alpha value is -2.40. The maximum absolute atomic E-state index is 11.8. The Bertz CT molecular complexity index is 892. The molecule has 2 aromatic carbocycles. The molecule has 4 nitrogen and oxygen atoms in total. The summed E-state index contributed by atoms with van der Waals surface area (Å²) in [6, 6.07) is 13.9. The molecular weight excluding hydrogens is 294 g/mol. The van der Waals surface area contributed by atoms with E-state index < -0.39 is 0 Å². The van der Waals surface area contributed by atoms with Gasteiger partial charge in [-0.2, -0.15) is 0 Å². The third-order valence-electron chi connectivity index (χ3n) is 3.57. The maximum atomic E-state index is 11.8. The molecule has 0 aliphatic heterocycles. The van der Waals surface area contributed by atoms with Crippen molar-refractivity contribution in [1.82, 2.24) is 9.97 Å². The van der Waals surface area contributed by atoms with Gasteiger partial charge >= 0.3 is 0 Å². The fourth-order valence-electron chi connectivity index (χ4n) is 2.49. The quantitative estimate of drug-likeness (QED) is 0.598. The van der Waals surface area contributed by atoms with E-state index in [0.29, 0.717) is 21.9 Å². The van der Waals surface area contributed by atoms with Crippen molar-refractivity contribution in [3.05, 3.63) is 59.4 Å². The zero-order valence-corrected chi connectivity index (χ0v) is 13.6. The molecular formula is C17H17N3OS. The number of imidazole rings is 1. The minimum absolute atomic E-state index is 0.473. The van der Waals surface area contributed by atoms with Crippen LogP contribution in [0.5, 0.6) is 0 Å². The zero-order valence-electron chi connectivity index (χ0n) is 12.8. The van der Waals surface area contributed by atoms with Gasteiger partial charge in [0.2, 0.25) is 0 Å². The van der Waals surface area contributed by atoms with E-state index >= 15 is 0 Å². The van der Waals surface area contributed by atoms with Crippen LogP contribution in [0.25, 0.3) is 11.0 Å². The summed E-state index contributed by atoms with van der Waals surface area (Å²) in [6.07, 6.45) is 0. The first-order valence-corrected chi connectivity index (χ1v) is 7.74. The number of anilines is 1. The molecule has 0 aliphatic rings. The molecule has 0 atom stereocenters. The summed E-state index contributed by atoms with van der Waals surface area (Å²) >= 11 is 0.473. The molecule has 1 heterocycles. The van der Waals surface area contributed by atoms with Crippen LogP contribution in [0.4, 0.5) is 5.69 Å². The first-order chi connectivity index (χ1) is 10.6. The van der Waals surface area contributed by atoms with E-state index in [1.807, 2.05) is 68.4 Å². The second kappa shape index (κ2) is 5.77. The Morgan fingerprint density at radius 1 is 1.18 bits per heavy atom. The minimum atomic E-state index is 0.473. The molecule has 0 radical (unpaired) electrons. The zero-order chi connectivity index (χ0) is 15.7. The molecule has 3 aromatic rings. The topological polar surface area (TPSA) is 49.0 Å². The lowest BCUT2D eigenvalue weighted by Gasteiger charge is -2.16. The van der Waals surface area contributed by atoms with E-state index in [2.05, 4.69) is 9.97 Å². The van der Waals surface area contributed by atoms with Gasteiger partial charge < -0.3 is 9.88 Å². The molecule has 22 heavy (non-hydrogen) atoms. The Morgan fingerprint density at radius 2 is 1.95 bits per heavy atom. The minimum Gasteiger partial charge on any atom is -0.377 e. The highest BCUT2D eigenvalue weighted by atomic mass is 32.1. The number of hydrogen-bond acceptors (Lipinski definition) is 3. The van der Waals surface area contributed by atoms with E-state index in [4.69, 9.17) is 0 Å². The maximum Gasteiger partial charge on any atom is 0.152 e. The molecule has 0 spiro atoms. The summed E-state index contributed by atoms with van der Waals surface area (Å²) in [7, 11) is 3.93. The van der Waals surface area contributed by atoms with Crippen molar-refractivity contribution in [1.29, 1.82) is 0 Å². The fraction of sp³-hybridized carbons (Fsp3) is 0.176. The van der Waals surface area contributed by atoms with Crippen LogP contribution < -0.4 is 4.90 Å². The molecule has 0 amide bonds. The largest absolute Gasteiger partial charge is 0.377 e. The van der Waals surface area contributed by atoms with Crippen molar-refractivity contribution >= 4 is 32.8 Å². The number of para-hydroxylation sites is 1. The summed E-state index contributed by atoms with van der Waals surface area (Å²) in [5.41, 5.74) is 4.86. The van der Waals surface area contributed by atoms with Gasteiger partial charge in [-0.15, -0.1) is 0 Å². The van der Waals surface area contributed by atoms with Gasteiger partial charge in [0.1, 0.15) is 16.1 Å². The SMILES string of the molecule is Cc1ccc2[nH]c(C(=S=O)c3ccccc3N(C)C)nc2c1. The first kappa shape index (κ1) is 14.5. The fourth-order valence-corrected chi connectivity index (χ4v) is 2.93. The van der Waals surface area contributed by atoms with Gasteiger partial charge in [0, 0.05) is 25.3 Å². The summed E-state index contributed by atoms with van der Waals surface area (Å²) in [4.78, 5) is 10.4. The molecule has 112 valence electrons. The Balaban J connectivity index is 2.17. The number of H-pyrrole nitrogens is 1. The Morgan fingerprint density at radius 3 is 2.68 bits per heavy atom. The summed E-state index contributed by atoms with van der Waals surface area (Å²) in [6.45, 7) is 2.03. The van der Waals surface area contributed by atoms with Gasteiger partial charge in [0.25, 0.3) is 0 Å². The predicted octanol–water partition coefficient (Wildman–Crippen LogP) is 2.72. The van der Waals surface area contributed by atoms with Crippen molar-refractivity contribution in [3.8, 4) is 0 Å². The molecule has 0 saturated heterocycles. The van der Waals surface area contributed by atoms with E-state index in [-0.39, 0.29) is 0 Å². The molecule has 0 fully saturated rings. The van der Waals surface area contributed by atoms with Crippen LogP contribution in [0.3, 0.4) is 0 Å². The van der Waals surface area contributed by atoms with E-state index in [0.717, 1.165) is 27.8 Å². The van der Waals surface area contributed by atoms with Crippen LogP contribution in [-0.2, 0) is 11.3 Å². The van der Waals surface area contributed by atoms with Crippen LogP contribution in [0.2, 0.25) is 0 Å². The average Bonchev–Trinajstić information content (AvgIpc) is 2.91. The third kappa shape index (κ3) is 2.55. The van der Waals surface area contributed by atoms with Gasteiger partial charge in [-0.05, 0) is 30.7 Å². The standard InChI is InChI=1S/C17H17N3OS/c1-11-8-9-13-14(10-11)19-17(18-13)16(22-21)12-6-4-5-7-15(12)20(2)3/h4-10H,1-3H3,(H,18,19). The summed E-state index contributed by atoms with van der Waals surface area (Å²) in [5, 5.41) is 0. The van der Waals surface area contributed by atoms with Crippen LogP contribution in [0.1, 0.15) is 17.0 Å². The van der Waals surface area contributed by atoms with Gasteiger partial charge in [-0.1, -0.05) is 24.3 Å². The van der Waals surface area contributed by atoms with E-state index in [1.54, 1.807) is 0 Å². The third-order valence-corrected chi connectivity index (χ3v) is 4.15. The van der Waals surface area contributed by atoms with Gasteiger partial charge in [-0.3, -0.25) is 0 Å². The first-order valence-electron chi connectivity index (χ1n) is 7.00. The second-order valence-corrected chi connectivity index (χ2v) is 6.00. The number of fused-ring (bicyclic) bond motifs is 1. The monoisotopic (exact) mass is 311 g/mol. The van der Waals surface area contributed by atoms with Gasteiger partial charge in [-0.25, -0.2) is 9.19 Å². The van der Waals surface area contributed by atoms with Crippen LogP contribution in [0.15, 0.2) is 42.5 Å². The molecule has 0 bridgehead atoms. The smallest absolute Gasteiger partial charge is 0.152 e. The number of rotatable bonds is 3. The highest BCUT2D eigenvalue weighted by Gasteiger charge is 2.16. The van der Waals surface area contributed by atoms with Crippen molar-refractivity contribution in [3.63, 3.8) is 0 Å². The van der Waals surface area contributed by atoms with Crippen molar-refractivity contribution in [2.24, 2.45) is 0 Å². The average molecular weight is 311 g/mol. The summed E-state index contributed by atoms with van der Waals surface area (Å²) < 4.78 is 11.8. The number of hydrogen-bond donors (Lipinski definition) is 1. The molecule has 1 aromatic heterocycles. The molecule has 0 aliphatic carbocycles. The Kier molecular flexibility index (Phi) is 3.81. The van der Waals surface area contributed by atoms with Gasteiger partial charge in [0.05, 0.1) is 11.0 Å². The lowest BCUT2D eigenvalue weighted by Crippen LogP contribution is -2.15. The number of aryl methyl sites for hydroxylation is 1.